The van der Waals surface area contributed by atoms with Crippen molar-refractivity contribution in [2.45, 2.75) is 6.42 Å². The molecule has 6 nitrogen and oxygen atoms in total. The molecule has 2 aromatic carbocycles. The number of amides is 1. The van der Waals surface area contributed by atoms with Gasteiger partial charge in [0.15, 0.2) is 5.82 Å². The molecule has 0 atom stereocenters. The van der Waals surface area contributed by atoms with E-state index in [1.807, 2.05) is 0 Å². The molecule has 0 aliphatic carbocycles. The molecule has 9 heteroatoms. The lowest BCUT2D eigenvalue weighted by molar-refractivity contribution is -0.118. The van der Waals surface area contributed by atoms with Gasteiger partial charge in [0.05, 0.1) is 16.6 Å². The quantitative estimate of drug-likeness (QED) is 0.358. The van der Waals surface area contributed by atoms with Crippen molar-refractivity contribution in [2.75, 3.05) is 10.7 Å². The van der Waals surface area contributed by atoms with E-state index in [0.717, 1.165) is 5.01 Å². The summed E-state index contributed by atoms with van der Waals surface area (Å²) in [6, 6.07) is 12.6. The summed E-state index contributed by atoms with van der Waals surface area (Å²) in [6.45, 7) is 0. The number of nitrogens with zero attached hydrogens (tertiary/aromatic N) is 3. The number of aromatic nitrogens is 2. The van der Waals surface area contributed by atoms with Crippen LogP contribution in [0.4, 0.5) is 16.2 Å². The fourth-order valence-electron chi connectivity index (χ4n) is 2.44. The number of hydrogen-bond acceptors (Lipinski definition) is 5. The molecule has 0 radical (unpaired) electrons. The van der Waals surface area contributed by atoms with E-state index in [0.29, 0.717) is 26.3 Å². The lowest BCUT2D eigenvalue weighted by atomic mass is 10.1. The number of anilines is 2. The molecule has 1 amide bonds. The highest BCUT2D eigenvalue weighted by Gasteiger charge is 2.21. The number of benzene rings is 2. The first-order valence-corrected chi connectivity index (χ1v) is 8.93. The highest BCUT2D eigenvalue weighted by molar-refractivity contribution is 9.10. The Bertz CT molecular complexity index is 1000. The SMILES string of the molecule is Nc1nc(-c2ccc(F)cc2)c(Br)c(N(N)C(=O)Cc2cccc(Cl)c2)n1. The van der Waals surface area contributed by atoms with Crippen LogP contribution < -0.4 is 16.6 Å². The van der Waals surface area contributed by atoms with Crippen LogP contribution in [0.5, 0.6) is 0 Å². The summed E-state index contributed by atoms with van der Waals surface area (Å²) < 4.78 is 13.5. The smallest absolute Gasteiger partial charge is 0.246 e. The summed E-state index contributed by atoms with van der Waals surface area (Å²) in [7, 11) is 0. The second-order valence-electron chi connectivity index (χ2n) is 5.65. The minimum atomic E-state index is -0.416. The maximum atomic E-state index is 13.2. The Morgan fingerprint density at radius 3 is 2.56 bits per heavy atom. The van der Waals surface area contributed by atoms with Crippen molar-refractivity contribution < 1.29 is 9.18 Å². The average Bonchev–Trinajstić information content (AvgIpc) is 2.63. The van der Waals surface area contributed by atoms with Crippen molar-refractivity contribution in [3.8, 4) is 11.3 Å². The Balaban J connectivity index is 1.93. The number of rotatable bonds is 4. The first-order valence-electron chi connectivity index (χ1n) is 7.76. The van der Waals surface area contributed by atoms with E-state index in [4.69, 9.17) is 23.2 Å². The van der Waals surface area contributed by atoms with Crippen LogP contribution in [0.2, 0.25) is 5.02 Å². The van der Waals surface area contributed by atoms with E-state index in [1.54, 1.807) is 36.4 Å². The molecule has 3 aromatic rings. The number of nitrogens with two attached hydrogens (primary N) is 2. The maximum absolute atomic E-state index is 13.2. The third-order valence-electron chi connectivity index (χ3n) is 3.71. The lowest BCUT2D eigenvalue weighted by Gasteiger charge is -2.19. The van der Waals surface area contributed by atoms with Crippen molar-refractivity contribution in [2.24, 2.45) is 5.84 Å². The summed E-state index contributed by atoms with van der Waals surface area (Å²) in [6.07, 6.45) is 0.0271. The summed E-state index contributed by atoms with van der Waals surface area (Å²) >= 11 is 9.31. The molecule has 0 aliphatic rings. The van der Waals surface area contributed by atoms with Crippen molar-refractivity contribution in [3.63, 3.8) is 0 Å². The van der Waals surface area contributed by atoms with Crippen LogP contribution in [0.3, 0.4) is 0 Å². The molecule has 0 saturated carbocycles. The van der Waals surface area contributed by atoms with Crippen LogP contribution in [0, 0.1) is 5.82 Å². The minimum Gasteiger partial charge on any atom is -0.368 e. The Hall–Kier alpha value is -2.55. The Kier molecular flexibility index (Phi) is 5.69. The zero-order valence-corrected chi connectivity index (χ0v) is 16.2. The van der Waals surface area contributed by atoms with Gasteiger partial charge in [0.2, 0.25) is 11.9 Å². The monoisotopic (exact) mass is 449 g/mol. The van der Waals surface area contributed by atoms with Crippen LogP contribution >= 0.6 is 27.5 Å². The minimum absolute atomic E-state index is 0.0271. The van der Waals surface area contributed by atoms with E-state index < -0.39 is 5.91 Å². The predicted octanol–water partition coefficient (Wildman–Crippen LogP) is 3.73. The van der Waals surface area contributed by atoms with E-state index in [9.17, 15) is 9.18 Å². The predicted molar refractivity (Wildman–Crippen MR) is 106 cm³/mol. The van der Waals surface area contributed by atoms with Gasteiger partial charge in [-0.3, -0.25) is 4.79 Å². The molecule has 0 saturated heterocycles. The Morgan fingerprint density at radius 2 is 1.89 bits per heavy atom. The molecule has 0 unspecified atom stereocenters. The molecule has 0 aliphatic heterocycles. The van der Waals surface area contributed by atoms with Crippen LogP contribution in [0.25, 0.3) is 11.3 Å². The van der Waals surface area contributed by atoms with Gasteiger partial charge in [0.1, 0.15) is 5.82 Å². The van der Waals surface area contributed by atoms with Gasteiger partial charge in [-0.05, 0) is 57.9 Å². The number of hydrazine groups is 1. The van der Waals surface area contributed by atoms with Crippen molar-refractivity contribution in [1.82, 2.24) is 9.97 Å². The maximum Gasteiger partial charge on any atom is 0.246 e. The molecule has 0 spiro atoms. The van der Waals surface area contributed by atoms with Gasteiger partial charge in [-0.15, -0.1) is 0 Å². The highest BCUT2D eigenvalue weighted by Crippen LogP contribution is 2.33. The molecule has 138 valence electrons. The summed E-state index contributed by atoms with van der Waals surface area (Å²) in [5.74, 6) is 5.22. The zero-order chi connectivity index (χ0) is 19.6. The molecule has 0 bridgehead atoms. The van der Waals surface area contributed by atoms with Gasteiger partial charge < -0.3 is 5.73 Å². The number of nitrogen functional groups attached to an aromatic ring is 1. The summed E-state index contributed by atoms with van der Waals surface area (Å²) in [5, 5.41) is 1.42. The van der Waals surface area contributed by atoms with Crippen LogP contribution in [0.15, 0.2) is 53.0 Å². The molecule has 4 N–H and O–H groups in total. The standard InChI is InChI=1S/C18H14BrClFN5O/c19-15-16(11-4-6-13(21)7-5-11)24-18(22)25-17(15)26(23)14(27)9-10-2-1-3-12(20)8-10/h1-8H,9,23H2,(H2,22,24,25). The van der Waals surface area contributed by atoms with Gasteiger partial charge in [0.25, 0.3) is 0 Å². The second kappa shape index (κ2) is 7.99. The fraction of sp³-hybridized carbons (Fsp3) is 0.0556. The molecule has 1 aromatic heterocycles. The normalized spacial score (nSPS) is 10.7. The number of carbonyl (C=O) groups excluding carboxylic acids is 1. The van der Waals surface area contributed by atoms with Crippen LogP contribution in [0.1, 0.15) is 5.56 Å². The molecule has 0 fully saturated rings. The average molecular weight is 451 g/mol. The largest absolute Gasteiger partial charge is 0.368 e. The second-order valence-corrected chi connectivity index (χ2v) is 6.87. The Morgan fingerprint density at radius 1 is 1.19 bits per heavy atom. The number of carbonyl (C=O) groups is 1. The molecule has 3 rings (SSSR count). The van der Waals surface area contributed by atoms with Crippen molar-refractivity contribution in [3.05, 3.63) is 69.4 Å². The van der Waals surface area contributed by atoms with Gasteiger partial charge in [-0.2, -0.15) is 4.98 Å². The third-order valence-corrected chi connectivity index (χ3v) is 4.68. The van der Waals surface area contributed by atoms with E-state index >= 15 is 0 Å². The van der Waals surface area contributed by atoms with Gasteiger partial charge in [-0.25, -0.2) is 20.2 Å². The molecular formula is C18H14BrClFN5O. The zero-order valence-electron chi connectivity index (χ0n) is 13.9. The van der Waals surface area contributed by atoms with Crippen LogP contribution in [-0.4, -0.2) is 15.9 Å². The molecule has 1 heterocycles. The van der Waals surface area contributed by atoms with E-state index in [-0.39, 0.29) is 24.0 Å². The summed E-state index contributed by atoms with van der Waals surface area (Å²) in [5.41, 5.74) is 7.47. The topological polar surface area (TPSA) is 98.1 Å². The fourth-order valence-corrected chi connectivity index (χ4v) is 3.25. The van der Waals surface area contributed by atoms with E-state index in [2.05, 4.69) is 25.9 Å². The lowest BCUT2D eigenvalue weighted by Crippen LogP contribution is -2.39. The number of hydrogen-bond donors (Lipinski definition) is 2. The first kappa shape index (κ1) is 19.2. The first-order chi connectivity index (χ1) is 12.8. The van der Waals surface area contributed by atoms with Gasteiger partial charge >= 0.3 is 0 Å². The Labute approximate surface area is 168 Å². The van der Waals surface area contributed by atoms with E-state index in [1.165, 1.54) is 12.1 Å². The van der Waals surface area contributed by atoms with Gasteiger partial charge in [0, 0.05) is 10.6 Å². The molecule has 27 heavy (non-hydrogen) atoms. The van der Waals surface area contributed by atoms with Crippen molar-refractivity contribution in [1.29, 1.82) is 0 Å². The number of halogens is 3. The molecular weight excluding hydrogens is 437 g/mol. The highest BCUT2D eigenvalue weighted by atomic mass is 79.9. The van der Waals surface area contributed by atoms with Crippen molar-refractivity contribution >= 4 is 45.2 Å². The van der Waals surface area contributed by atoms with Crippen LogP contribution in [-0.2, 0) is 11.2 Å². The third kappa shape index (κ3) is 4.41. The van der Waals surface area contributed by atoms with Gasteiger partial charge in [-0.1, -0.05) is 23.7 Å². The summed E-state index contributed by atoms with van der Waals surface area (Å²) in [4.78, 5) is 20.8.